The molecule has 3 rings (SSSR count). The molecule has 2 aliphatic rings. The maximum Gasteiger partial charge on any atom is 0.252 e. The highest BCUT2D eigenvalue weighted by Crippen LogP contribution is 2.39. The maximum atomic E-state index is 12.4. The largest absolute Gasteiger partial charge is 0.340 e. The van der Waals surface area contributed by atoms with Crippen molar-refractivity contribution in [1.29, 1.82) is 0 Å². The van der Waals surface area contributed by atoms with Gasteiger partial charge in [0.05, 0.1) is 4.34 Å². The summed E-state index contributed by atoms with van der Waals surface area (Å²) in [5.74, 6) is 0.815. The standard InChI is InChI=1S/C13H17ClN2O3S2/c1-9-8-10(9)13(17)15-4-6-16(7-5-15)21(18,19)12-3-2-11(14)20-12/h2-3,9-10H,4-8H2,1H3/t9-,10+/m1/s1. The van der Waals surface area contributed by atoms with Crippen LogP contribution in [0, 0.1) is 11.8 Å². The van der Waals surface area contributed by atoms with Gasteiger partial charge >= 0.3 is 0 Å². The molecule has 0 unspecified atom stereocenters. The molecule has 8 heteroatoms. The predicted octanol–water partition coefficient (Wildman–Crippen LogP) is 1.89. The van der Waals surface area contributed by atoms with Gasteiger partial charge in [-0.3, -0.25) is 4.79 Å². The molecule has 1 amide bonds. The molecule has 21 heavy (non-hydrogen) atoms. The smallest absolute Gasteiger partial charge is 0.252 e. The van der Waals surface area contributed by atoms with Gasteiger partial charge in [0.2, 0.25) is 5.91 Å². The van der Waals surface area contributed by atoms with Crippen molar-refractivity contribution in [2.45, 2.75) is 17.6 Å². The van der Waals surface area contributed by atoms with Crippen molar-refractivity contribution in [2.75, 3.05) is 26.2 Å². The van der Waals surface area contributed by atoms with E-state index in [1.165, 1.54) is 10.4 Å². The van der Waals surface area contributed by atoms with Crippen molar-refractivity contribution >= 4 is 38.9 Å². The molecule has 0 N–H and O–H groups in total. The maximum absolute atomic E-state index is 12.4. The number of halogens is 1. The summed E-state index contributed by atoms with van der Waals surface area (Å²) in [7, 11) is -3.48. The summed E-state index contributed by atoms with van der Waals surface area (Å²) in [6.45, 7) is 3.72. The number of carbonyl (C=O) groups is 1. The van der Waals surface area contributed by atoms with Gasteiger partial charge in [-0.1, -0.05) is 18.5 Å². The zero-order valence-corrected chi connectivity index (χ0v) is 14.0. The predicted molar refractivity (Wildman–Crippen MR) is 81.9 cm³/mol. The van der Waals surface area contributed by atoms with Crippen LogP contribution in [0.5, 0.6) is 0 Å². The third-order valence-corrected chi connectivity index (χ3v) is 7.72. The first-order valence-electron chi connectivity index (χ1n) is 6.94. The molecule has 0 bridgehead atoms. The van der Waals surface area contributed by atoms with E-state index in [9.17, 15) is 13.2 Å². The molecule has 5 nitrogen and oxygen atoms in total. The Morgan fingerprint density at radius 2 is 1.90 bits per heavy atom. The van der Waals surface area contributed by atoms with Crippen LogP contribution in [0.1, 0.15) is 13.3 Å². The van der Waals surface area contributed by atoms with E-state index in [4.69, 9.17) is 11.6 Å². The number of carbonyl (C=O) groups excluding carboxylic acids is 1. The van der Waals surface area contributed by atoms with Crippen LogP contribution < -0.4 is 0 Å². The van der Waals surface area contributed by atoms with E-state index < -0.39 is 10.0 Å². The first kappa shape index (κ1) is 15.3. The third-order valence-electron chi connectivity index (χ3n) is 4.12. The zero-order valence-electron chi connectivity index (χ0n) is 11.7. The lowest BCUT2D eigenvalue weighted by atomic mass is 10.2. The second-order valence-corrected chi connectivity index (χ2v) is 9.49. The third kappa shape index (κ3) is 2.97. The normalized spacial score (nSPS) is 26.9. The Morgan fingerprint density at radius 3 is 2.38 bits per heavy atom. The SMILES string of the molecule is C[C@@H]1C[C@@H]1C(=O)N1CCN(S(=O)(=O)c2ccc(Cl)s2)CC1. The fourth-order valence-electron chi connectivity index (χ4n) is 2.61. The molecule has 0 spiro atoms. The second kappa shape index (κ2) is 5.53. The lowest BCUT2D eigenvalue weighted by molar-refractivity contribution is -0.134. The number of hydrogen-bond acceptors (Lipinski definition) is 4. The minimum Gasteiger partial charge on any atom is -0.340 e. The number of hydrogen-bond donors (Lipinski definition) is 0. The number of nitrogens with zero attached hydrogens (tertiary/aromatic N) is 2. The van der Waals surface area contributed by atoms with Crippen molar-refractivity contribution in [2.24, 2.45) is 11.8 Å². The fraction of sp³-hybridized carbons (Fsp3) is 0.615. The van der Waals surface area contributed by atoms with Gasteiger partial charge in [0, 0.05) is 32.1 Å². The molecule has 2 fully saturated rings. The summed E-state index contributed by atoms with van der Waals surface area (Å²) in [4.78, 5) is 13.9. The van der Waals surface area contributed by atoms with E-state index >= 15 is 0 Å². The van der Waals surface area contributed by atoms with Crippen molar-refractivity contribution in [1.82, 2.24) is 9.21 Å². The number of rotatable bonds is 3. The van der Waals surface area contributed by atoms with Gasteiger partial charge in [-0.15, -0.1) is 11.3 Å². The molecule has 1 saturated carbocycles. The molecule has 1 saturated heterocycles. The van der Waals surface area contributed by atoms with Gasteiger partial charge in [-0.25, -0.2) is 8.42 Å². The van der Waals surface area contributed by atoms with Gasteiger partial charge in [0.15, 0.2) is 0 Å². The van der Waals surface area contributed by atoms with E-state index in [0.717, 1.165) is 17.8 Å². The highest BCUT2D eigenvalue weighted by molar-refractivity contribution is 7.91. The molecule has 116 valence electrons. The monoisotopic (exact) mass is 348 g/mol. The van der Waals surface area contributed by atoms with E-state index in [0.29, 0.717) is 36.4 Å². The number of amides is 1. The van der Waals surface area contributed by atoms with E-state index in [1.807, 2.05) is 0 Å². The molecule has 2 heterocycles. The topological polar surface area (TPSA) is 57.7 Å². The Bertz CT molecular complexity index is 650. The van der Waals surface area contributed by atoms with Gasteiger partial charge in [0.25, 0.3) is 10.0 Å². The second-order valence-electron chi connectivity index (χ2n) is 5.61. The number of sulfonamides is 1. The minimum atomic E-state index is -3.48. The van der Waals surface area contributed by atoms with E-state index in [1.54, 1.807) is 11.0 Å². The van der Waals surface area contributed by atoms with Crippen LogP contribution in [0.2, 0.25) is 4.34 Å². The van der Waals surface area contributed by atoms with Crippen molar-refractivity contribution < 1.29 is 13.2 Å². The van der Waals surface area contributed by atoms with Crippen molar-refractivity contribution in [3.05, 3.63) is 16.5 Å². The average molecular weight is 349 g/mol. The van der Waals surface area contributed by atoms with Crippen LogP contribution in [-0.4, -0.2) is 49.7 Å². The van der Waals surface area contributed by atoms with E-state index in [2.05, 4.69) is 6.92 Å². The summed E-state index contributed by atoms with van der Waals surface area (Å²) in [6, 6.07) is 3.12. The van der Waals surface area contributed by atoms with Crippen LogP contribution in [0.3, 0.4) is 0 Å². The molecular formula is C13H17ClN2O3S2. The average Bonchev–Trinajstić information content (AvgIpc) is 3.02. The lowest BCUT2D eigenvalue weighted by Gasteiger charge is -2.33. The van der Waals surface area contributed by atoms with Gasteiger partial charge in [0.1, 0.15) is 4.21 Å². The summed E-state index contributed by atoms with van der Waals surface area (Å²) in [5, 5.41) is 0. The summed E-state index contributed by atoms with van der Waals surface area (Å²) in [5.41, 5.74) is 0. The molecule has 1 aromatic rings. The van der Waals surface area contributed by atoms with Crippen LogP contribution in [-0.2, 0) is 14.8 Å². The summed E-state index contributed by atoms with van der Waals surface area (Å²) >= 11 is 6.87. The fourth-order valence-corrected chi connectivity index (χ4v) is 5.67. The van der Waals surface area contributed by atoms with Gasteiger partial charge in [-0.2, -0.15) is 4.31 Å². The quantitative estimate of drug-likeness (QED) is 0.838. The Balaban J connectivity index is 1.64. The van der Waals surface area contributed by atoms with Crippen LogP contribution in [0.15, 0.2) is 16.3 Å². The van der Waals surface area contributed by atoms with E-state index in [-0.39, 0.29) is 16.0 Å². The van der Waals surface area contributed by atoms with Crippen LogP contribution >= 0.6 is 22.9 Å². The highest BCUT2D eigenvalue weighted by atomic mass is 35.5. The van der Waals surface area contributed by atoms with Crippen LogP contribution in [0.25, 0.3) is 0 Å². The Labute approximate surface area is 133 Å². The van der Waals surface area contributed by atoms with Crippen molar-refractivity contribution in [3.8, 4) is 0 Å². The number of piperazine rings is 1. The van der Waals surface area contributed by atoms with Gasteiger partial charge in [-0.05, 0) is 24.5 Å². The van der Waals surface area contributed by atoms with Crippen molar-refractivity contribution in [3.63, 3.8) is 0 Å². The molecule has 1 aromatic heterocycles. The zero-order chi connectivity index (χ0) is 15.2. The molecule has 1 aliphatic carbocycles. The molecule has 0 aromatic carbocycles. The minimum absolute atomic E-state index is 0.157. The molecule has 2 atom stereocenters. The Kier molecular flexibility index (Phi) is 4.02. The number of thiophene rings is 1. The summed E-state index contributed by atoms with van der Waals surface area (Å²) < 4.78 is 27.1. The molecular weight excluding hydrogens is 332 g/mol. The Morgan fingerprint density at radius 1 is 1.29 bits per heavy atom. The highest BCUT2D eigenvalue weighted by Gasteiger charge is 2.42. The molecule has 0 radical (unpaired) electrons. The lowest BCUT2D eigenvalue weighted by Crippen LogP contribution is -2.50. The first-order chi connectivity index (χ1) is 9.89. The summed E-state index contributed by atoms with van der Waals surface area (Å²) in [6.07, 6.45) is 0.963. The Hall–Kier alpha value is -0.630. The molecule has 1 aliphatic heterocycles. The first-order valence-corrected chi connectivity index (χ1v) is 9.57. The van der Waals surface area contributed by atoms with Gasteiger partial charge < -0.3 is 4.90 Å². The van der Waals surface area contributed by atoms with Crippen LogP contribution in [0.4, 0.5) is 0 Å².